The van der Waals surface area contributed by atoms with Gasteiger partial charge in [-0.3, -0.25) is 9.59 Å². The van der Waals surface area contributed by atoms with Gasteiger partial charge in [-0.1, -0.05) is 56.3 Å². The van der Waals surface area contributed by atoms with E-state index in [1.165, 1.54) is 11.4 Å². The van der Waals surface area contributed by atoms with Crippen molar-refractivity contribution in [2.45, 2.75) is 38.1 Å². The second kappa shape index (κ2) is 11.2. The highest BCUT2D eigenvalue weighted by molar-refractivity contribution is 7.87. The topological polar surface area (TPSA) is 125 Å². The number of carbonyl (C=O) groups is 2. The van der Waals surface area contributed by atoms with Crippen LogP contribution in [0.2, 0.25) is 0 Å². The molecule has 9 nitrogen and oxygen atoms in total. The predicted octanol–water partition coefficient (Wildman–Crippen LogP) is 2.40. The quantitative estimate of drug-likeness (QED) is 0.457. The second-order valence-corrected chi connectivity index (χ2v) is 10.8. The number of ether oxygens (including phenoxy) is 1. The molecule has 1 saturated heterocycles. The summed E-state index contributed by atoms with van der Waals surface area (Å²) < 4.78 is 34.8. The van der Waals surface area contributed by atoms with Crippen LogP contribution in [0.3, 0.4) is 0 Å². The van der Waals surface area contributed by atoms with Crippen LogP contribution in [0.25, 0.3) is 0 Å². The van der Waals surface area contributed by atoms with E-state index in [0.29, 0.717) is 30.7 Å². The number of aliphatic carboxylic acids is 1. The molecule has 1 aliphatic rings. The molecule has 2 aromatic rings. The van der Waals surface area contributed by atoms with Crippen LogP contribution in [0.15, 0.2) is 54.6 Å². The molecule has 0 saturated carbocycles. The Hall–Kier alpha value is -2.95. The molecule has 0 radical (unpaired) electrons. The van der Waals surface area contributed by atoms with Crippen LogP contribution in [0.1, 0.15) is 42.6 Å². The van der Waals surface area contributed by atoms with Crippen molar-refractivity contribution in [1.29, 1.82) is 0 Å². The van der Waals surface area contributed by atoms with Gasteiger partial charge in [-0.05, 0) is 36.5 Å². The highest BCUT2D eigenvalue weighted by Gasteiger charge is 2.41. The molecular formula is C25H33N3O6S. The zero-order chi connectivity index (χ0) is 25.6. The molecule has 1 unspecified atom stereocenters. The maximum absolute atomic E-state index is 13.0. The van der Waals surface area contributed by atoms with Crippen molar-refractivity contribution in [3.63, 3.8) is 0 Å². The fourth-order valence-electron chi connectivity index (χ4n) is 4.40. The molecule has 1 atom stereocenters. The van der Waals surface area contributed by atoms with Crippen LogP contribution < -0.4 is 14.8 Å². The molecule has 0 spiro atoms. The van der Waals surface area contributed by atoms with E-state index in [-0.39, 0.29) is 19.0 Å². The van der Waals surface area contributed by atoms with E-state index in [2.05, 4.69) is 10.0 Å². The first-order valence-electron chi connectivity index (χ1n) is 11.6. The lowest BCUT2D eigenvalue weighted by molar-refractivity contribution is -0.140. The Kier molecular flexibility index (Phi) is 8.52. The van der Waals surface area contributed by atoms with Gasteiger partial charge < -0.3 is 15.2 Å². The fraction of sp³-hybridized carbons (Fsp3) is 0.440. The van der Waals surface area contributed by atoms with Gasteiger partial charge in [-0.15, -0.1) is 0 Å². The van der Waals surface area contributed by atoms with E-state index < -0.39 is 33.6 Å². The first-order chi connectivity index (χ1) is 16.6. The summed E-state index contributed by atoms with van der Waals surface area (Å²) in [5.41, 5.74) is 0.960. The van der Waals surface area contributed by atoms with Gasteiger partial charge in [0, 0.05) is 25.0 Å². The normalized spacial score (nSPS) is 17.0. The molecule has 1 fully saturated rings. The highest BCUT2D eigenvalue weighted by atomic mass is 32.2. The summed E-state index contributed by atoms with van der Waals surface area (Å²) in [6.45, 7) is 4.02. The van der Waals surface area contributed by atoms with E-state index in [1.807, 2.05) is 30.3 Å². The van der Waals surface area contributed by atoms with Crippen molar-refractivity contribution in [1.82, 2.24) is 14.3 Å². The summed E-state index contributed by atoms with van der Waals surface area (Å²) >= 11 is 0. The standard InChI is InChI=1S/C25H33N3O6S/c1-18(2)22(24(30)31)27-35(32,33)28-15-13-25(14-16-28,19-9-5-4-6-10-19)17-26-23(29)20-11-7-8-12-21(20)34-3/h4-12,18,22,27H,13-17H2,1-3H3,(H,26,29)(H,30,31). The minimum Gasteiger partial charge on any atom is -0.496 e. The smallest absolute Gasteiger partial charge is 0.322 e. The van der Waals surface area contributed by atoms with Gasteiger partial charge >= 0.3 is 5.97 Å². The van der Waals surface area contributed by atoms with Crippen molar-refractivity contribution < 1.29 is 27.9 Å². The van der Waals surface area contributed by atoms with Gasteiger partial charge in [0.15, 0.2) is 0 Å². The van der Waals surface area contributed by atoms with E-state index >= 15 is 0 Å². The number of carboxylic acid groups (broad SMARTS) is 1. The Bertz CT molecular complexity index is 1130. The number of para-hydroxylation sites is 1. The molecular weight excluding hydrogens is 470 g/mol. The van der Waals surface area contributed by atoms with Crippen LogP contribution in [0.4, 0.5) is 0 Å². The summed E-state index contributed by atoms with van der Waals surface area (Å²) in [6.07, 6.45) is 0.924. The Labute approximate surface area is 206 Å². The number of nitrogens with zero attached hydrogens (tertiary/aromatic N) is 1. The lowest BCUT2D eigenvalue weighted by Gasteiger charge is -2.42. The summed E-state index contributed by atoms with van der Waals surface area (Å²) in [7, 11) is -2.48. The number of hydrogen-bond acceptors (Lipinski definition) is 5. The van der Waals surface area contributed by atoms with Crippen LogP contribution in [-0.2, 0) is 20.4 Å². The van der Waals surface area contributed by atoms with Crippen LogP contribution in [0.5, 0.6) is 5.75 Å². The van der Waals surface area contributed by atoms with Crippen LogP contribution in [-0.4, -0.2) is 62.5 Å². The van der Waals surface area contributed by atoms with Gasteiger partial charge in [0.05, 0.1) is 12.7 Å². The molecule has 3 N–H and O–H groups in total. The third-order valence-electron chi connectivity index (χ3n) is 6.55. The van der Waals surface area contributed by atoms with Gasteiger partial charge in [0.25, 0.3) is 16.1 Å². The predicted molar refractivity (Wildman–Crippen MR) is 133 cm³/mol. The first kappa shape index (κ1) is 26.7. The third kappa shape index (κ3) is 6.19. The largest absolute Gasteiger partial charge is 0.496 e. The number of hydrogen-bond donors (Lipinski definition) is 3. The molecule has 1 heterocycles. The maximum Gasteiger partial charge on any atom is 0.322 e. The van der Waals surface area contributed by atoms with Crippen molar-refractivity contribution in [2.75, 3.05) is 26.7 Å². The van der Waals surface area contributed by atoms with Crippen molar-refractivity contribution in [2.24, 2.45) is 5.92 Å². The number of amides is 1. The molecule has 0 aromatic heterocycles. The zero-order valence-corrected chi connectivity index (χ0v) is 21.0. The summed E-state index contributed by atoms with van der Waals surface area (Å²) in [6, 6.07) is 15.5. The lowest BCUT2D eigenvalue weighted by Crippen LogP contribution is -2.55. The third-order valence-corrected chi connectivity index (χ3v) is 8.15. The van der Waals surface area contributed by atoms with Gasteiger partial charge in [0.1, 0.15) is 11.8 Å². The molecule has 0 bridgehead atoms. The van der Waals surface area contributed by atoms with E-state index in [9.17, 15) is 23.1 Å². The van der Waals surface area contributed by atoms with Crippen molar-refractivity contribution in [3.8, 4) is 5.75 Å². The van der Waals surface area contributed by atoms with Gasteiger partial charge in [0.2, 0.25) is 0 Å². The number of carboxylic acids is 1. The number of rotatable bonds is 10. The second-order valence-electron chi connectivity index (χ2n) is 9.11. The molecule has 190 valence electrons. The summed E-state index contributed by atoms with van der Waals surface area (Å²) in [5, 5.41) is 12.4. The average Bonchev–Trinajstić information content (AvgIpc) is 2.86. The summed E-state index contributed by atoms with van der Waals surface area (Å²) in [5.74, 6) is -1.40. The molecule has 0 aliphatic carbocycles. The number of benzene rings is 2. The minimum atomic E-state index is -3.99. The number of piperidine rings is 1. The van der Waals surface area contributed by atoms with Crippen LogP contribution >= 0.6 is 0 Å². The van der Waals surface area contributed by atoms with Crippen molar-refractivity contribution in [3.05, 3.63) is 65.7 Å². The number of carbonyl (C=O) groups excluding carboxylic acids is 1. The first-order valence-corrected chi connectivity index (χ1v) is 13.0. The molecule has 10 heteroatoms. The Balaban J connectivity index is 1.78. The molecule has 1 aliphatic heterocycles. The van der Waals surface area contributed by atoms with Gasteiger partial charge in [-0.2, -0.15) is 17.4 Å². The molecule has 1 amide bonds. The molecule has 35 heavy (non-hydrogen) atoms. The molecule has 3 rings (SSSR count). The Morgan fingerprint density at radius 1 is 1.06 bits per heavy atom. The van der Waals surface area contributed by atoms with E-state index in [0.717, 1.165) is 5.56 Å². The number of nitrogens with one attached hydrogen (secondary N) is 2. The maximum atomic E-state index is 13.0. The van der Waals surface area contributed by atoms with Crippen LogP contribution in [0, 0.1) is 5.92 Å². The molecule has 2 aromatic carbocycles. The highest BCUT2D eigenvalue weighted by Crippen LogP contribution is 2.36. The SMILES string of the molecule is COc1ccccc1C(=O)NCC1(c2ccccc2)CCN(S(=O)(=O)NC(C(=O)O)C(C)C)CC1. The number of methoxy groups -OCH3 is 1. The zero-order valence-electron chi connectivity index (χ0n) is 20.2. The monoisotopic (exact) mass is 503 g/mol. The van der Waals surface area contributed by atoms with E-state index in [1.54, 1.807) is 38.1 Å². The Morgan fingerprint density at radius 2 is 1.66 bits per heavy atom. The fourth-order valence-corrected chi connectivity index (χ4v) is 5.90. The summed E-state index contributed by atoms with van der Waals surface area (Å²) in [4.78, 5) is 24.5. The lowest BCUT2D eigenvalue weighted by atomic mass is 9.73. The Morgan fingerprint density at radius 3 is 2.23 bits per heavy atom. The average molecular weight is 504 g/mol. The van der Waals surface area contributed by atoms with Gasteiger partial charge in [-0.25, -0.2) is 0 Å². The van der Waals surface area contributed by atoms with Crippen molar-refractivity contribution >= 4 is 22.1 Å². The van der Waals surface area contributed by atoms with E-state index in [4.69, 9.17) is 4.74 Å². The minimum absolute atomic E-state index is 0.194.